The highest BCUT2D eigenvalue weighted by atomic mass is 32.1. The van der Waals surface area contributed by atoms with Crippen LogP contribution in [-0.2, 0) is 5.41 Å². The summed E-state index contributed by atoms with van der Waals surface area (Å²) in [6.07, 6.45) is 2.51. The maximum Gasteiger partial charge on any atom is 0.0195 e. The number of hydrogen-bond acceptors (Lipinski definition) is 2. The Hall–Kier alpha value is -0.340. The average Bonchev–Trinajstić information content (AvgIpc) is 2.61. The molecule has 0 aliphatic heterocycles. The van der Waals surface area contributed by atoms with Gasteiger partial charge in [0.1, 0.15) is 0 Å². The Morgan fingerprint density at radius 2 is 2.17 bits per heavy atom. The molecule has 1 saturated carbocycles. The van der Waals surface area contributed by atoms with Crippen molar-refractivity contribution in [2.75, 3.05) is 0 Å². The van der Waals surface area contributed by atoms with E-state index < -0.39 is 0 Å². The van der Waals surface area contributed by atoms with Gasteiger partial charge in [-0.3, -0.25) is 0 Å². The third-order valence-corrected chi connectivity index (χ3v) is 3.74. The Labute approximate surface area is 77.6 Å². The Morgan fingerprint density at radius 3 is 2.50 bits per heavy atom. The van der Waals surface area contributed by atoms with Crippen LogP contribution >= 0.6 is 11.3 Å². The minimum atomic E-state index is -0.0614. The van der Waals surface area contributed by atoms with Gasteiger partial charge in [-0.15, -0.1) is 0 Å². The van der Waals surface area contributed by atoms with Crippen LogP contribution in [0.15, 0.2) is 16.8 Å². The van der Waals surface area contributed by atoms with Crippen molar-refractivity contribution in [2.45, 2.75) is 37.6 Å². The second-order valence-electron chi connectivity index (χ2n) is 4.32. The van der Waals surface area contributed by atoms with Crippen molar-refractivity contribution < 1.29 is 0 Å². The fraction of sp³-hybridized carbons (Fsp3) is 0.600. The molecule has 66 valence electrons. The van der Waals surface area contributed by atoms with Crippen molar-refractivity contribution in [3.63, 3.8) is 0 Å². The highest BCUT2D eigenvalue weighted by molar-refractivity contribution is 7.08. The second kappa shape index (κ2) is 2.33. The van der Waals surface area contributed by atoms with Gasteiger partial charge in [0.25, 0.3) is 0 Å². The summed E-state index contributed by atoms with van der Waals surface area (Å²) in [5.74, 6) is 0. The van der Waals surface area contributed by atoms with Crippen LogP contribution in [0, 0.1) is 0 Å². The number of hydrogen-bond donors (Lipinski definition) is 1. The van der Waals surface area contributed by atoms with Crippen LogP contribution < -0.4 is 5.73 Å². The molecule has 0 spiro atoms. The summed E-state index contributed by atoms with van der Waals surface area (Å²) >= 11 is 1.77. The predicted octanol–water partition coefficient (Wildman–Crippen LogP) is 2.52. The van der Waals surface area contributed by atoms with E-state index in [1.54, 1.807) is 11.3 Å². The largest absolute Gasteiger partial charge is 0.325 e. The molecule has 12 heavy (non-hydrogen) atoms. The maximum atomic E-state index is 6.17. The number of nitrogens with two attached hydrogens (primary N) is 1. The predicted molar refractivity (Wildman–Crippen MR) is 53.5 cm³/mol. The Balaban J connectivity index is 2.35. The van der Waals surface area contributed by atoms with Gasteiger partial charge in [0, 0.05) is 11.0 Å². The number of thiophene rings is 1. The summed E-state index contributed by atoms with van der Waals surface area (Å²) in [5, 5.41) is 4.38. The molecule has 1 heterocycles. The van der Waals surface area contributed by atoms with Gasteiger partial charge in [-0.1, -0.05) is 0 Å². The van der Waals surface area contributed by atoms with E-state index in [-0.39, 0.29) is 5.54 Å². The highest BCUT2D eigenvalue weighted by Crippen LogP contribution is 2.55. The SMILES string of the molecule is CC(C)(N)C1(c2ccsc2)CC1. The third kappa shape index (κ3) is 1.02. The standard InChI is InChI=1S/C10H15NS/c1-9(2,11)10(4-5-10)8-3-6-12-7-8/h3,6-7H,4-5,11H2,1-2H3. The molecule has 1 fully saturated rings. The summed E-state index contributed by atoms with van der Waals surface area (Å²) in [6.45, 7) is 4.27. The quantitative estimate of drug-likeness (QED) is 0.745. The van der Waals surface area contributed by atoms with Crippen molar-refractivity contribution in [1.29, 1.82) is 0 Å². The monoisotopic (exact) mass is 181 g/mol. The summed E-state index contributed by atoms with van der Waals surface area (Å²) in [7, 11) is 0. The van der Waals surface area contributed by atoms with E-state index in [0.717, 1.165) is 0 Å². The molecule has 1 aliphatic rings. The van der Waals surface area contributed by atoms with E-state index in [0.29, 0.717) is 5.41 Å². The van der Waals surface area contributed by atoms with Gasteiger partial charge in [-0.25, -0.2) is 0 Å². The zero-order valence-electron chi connectivity index (χ0n) is 7.63. The molecular weight excluding hydrogens is 166 g/mol. The van der Waals surface area contributed by atoms with Crippen LogP contribution in [0.2, 0.25) is 0 Å². The first-order valence-corrected chi connectivity index (χ1v) is 5.32. The molecule has 0 bridgehead atoms. The molecule has 1 aromatic rings. The van der Waals surface area contributed by atoms with Gasteiger partial charge in [0.2, 0.25) is 0 Å². The number of rotatable bonds is 2. The molecular formula is C10H15NS. The van der Waals surface area contributed by atoms with E-state index in [9.17, 15) is 0 Å². The zero-order valence-corrected chi connectivity index (χ0v) is 8.45. The first-order chi connectivity index (χ1) is 5.56. The minimum Gasteiger partial charge on any atom is -0.325 e. The zero-order chi connectivity index (χ0) is 8.82. The smallest absolute Gasteiger partial charge is 0.0195 e. The Kier molecular flexibility index (Phi) is 1.61. The van der Waals surface area contributed by atoms with Gasteiger partial charge in [-0.05, 0) is 49.1 Å². The highest BCUT2D eigenvalue weighted by Gasteiger charge is 2.53. The second-order valence-corrected chi connectivity index (χ2v) is 5.10. The van der Waals surface area contributed by atoms with Crippen molar-refractivity contribution in [3.8, 4) is 0 Å². The Morgan fingerprint density at radius 1 is 1.50 bits per heavy atom. The maximum absolute atomic E-state index is 6.17. The Bertz CT molecular complexity index is 265. The molecule has 2 rings (SSSR count). The molecule has 1 aliphatic carbocycles. The molecule has 1 aromatic heterocycles. The van der Waals surface area contributed by atoms with Gasteiger partial charge in [0.05, 0.1) is 0 Å². The van der Waals surface area contributed by atoms with Crippen LogP contribution in [0.5, 0.6) is 0 Å². The first kappa shape index (κ1) is 8.27. The third-order valence-electron chi connectivity index (χ3n) is 3.06. The summed E-state index contributed by atoms with van der Waals surface area (Å²) < 4.78 is 0. The van der Waals surface area contributed by atoms with Crippen LogP contribution in [0.25, 0.3) is 0 Å². The van der Waals surface area contributed by atoms with Crippen molar-refractivity contribution >= 4 is 11.3 Å². The minimum absolute atomic E-state index is 0.0614. The van der Waals surface area contributed by atoms with Crippen LogP contribution in [0.3, 0.4) is 0 Å². The first-order valence-electron chi connectivity index (χ1n) is 4.38. The van der Waals surface area contributed by atoms with E-state index in [2.05, 4.69) is 30.7 Å². The van der Waals surface area contributed by atoms with E-state index in [1.807, 2.05) is 0 Å². The van der Waals surface area contributed by atoms with Crippen LogP contribution in [0.4, 0.5) is 0 Å². The van der Waals surface area contributed by atoms with E-state index >= 15 is 0 Å². The molecule has 2 heteroatoms. The van der Waals surface area contributed by atoms with Crippen LogP contribution in [-0.4, -0.2) is 5.54 Å². The molecule has 2 N–H and O–H groups in total. The van der Waals surface area contributed by atoms with Gasteiger partial charge in [0.15, 0.2) is 0 Å². The van der Waals surface area contributed by atoms with E-state index in [4.69, 9.17) is 5.73 Å². The van der Waals surface area contributed by atoms with Gasteiger partial charge in [-0.2, -0.15) is 11.3 Å². The molecule has 1 nitrogen and oxygen atoms in total. The lowest BCUT2D eigenvalue weighted by atomic mass is 9.80. The fourth-order valence-corrected chi connectivity index (χ4v) is 2.72. The van der Waals surface area contributed by atoms with Crippen LogP contribution in [0.1, 0.15) is 32.3 Å². The molecule has 0 atom stereocenters. The van der Waals surface area contributed by atoms with Crippen molar-refractivity contribution in [3.05, 3.63) is 22.4 Å². The average molecular weight is 181 g/mol. The molecule has 0 amide bonds. The van der Waals surface area contributed by atoms with E-state index in [1.165, 1.54) is 18.4 Å². The molecule has 0 saturated heterocycles. The summed E-state index contributed by atoms with van der Waals surface area (Å²) in [6, 6.07) is 2.21. The van der Waals surface area contributed by atoms with Gasteiger partial charge < -0.3 is 5.73 Å². The molecule has 0 unspecified atom stereocenters. The molecule has 0 radical (unpaired) electrons. The molecule has 0 aromatic carbocycles. The van der Waals surface area contributed by atoms with Crippen molar-refractivity contribution in [1.82, 2.24) is 0 Å². The summed E-state index contributed by atoms with van der Waals surface area (Å²) in [5.41, 5.74) is 7.85. The summed E-state index contributed by atoms with van der Waals surface area (Å²) in [4.78, 5) is 0. The van der Waals surface area contributed by atoms with Crippen molar-refractivity contribution in [2.24, 2.45) is 5.73 Å². The normalized spacial score (nSPS) is 20.9. The topological polar surface area (TPSA) is 26.0 Å². The fourth-order valence-electron chi connectivity index (χ4n) is 1.97. The lowest BCUT2D eigenvalue weighted by Crippen LogP contribution is -2.45. The lowest BCUT2D eigenvalue weighted by Gasteiger charge is -2.30. The van der Waals surface area contributed by atoms with Gasteiger partial charge >= 0.3 is 0 Å². The lowest BCUT2D eigenvalue weighted by molar-refractivity contribution is 0.392.